The molecule has 0 aliphatic carbocycles. The van der Waals surface area contributed by atoms with Gasteiger partial charge in [0.15, 0.2) is 0 Å². The molecule has 3 rings (SSSR count). The number of carbonyl (C=O) groups excluding carboxylic acids is 2. The van der Waals surface area contributed by atoms with Crippen molar-refractivity contribution in [1.29, 1.82) is 0 Å². The molecule has 2 aliphatic rings. The van der Waals surface area contributed by atoms with Crippen LogP contribution in [0.15, 0.2) is 29.2 Å². The van der Waals surface area contributed by atoms with Crippen LogP contribution >= 0.6 is 11.8 Å². The van der Waals surface area contributed by atoms with Crippen LogP contribution < -0.4 is 4.90 Å². The molecule has 24 heavy (non-hydrogen) atoms. The predicted molar refractivity (Wildman–Crippen MR) is 95.3 cm³/mol. The number of likely N-dealkylation sites (tertiary alicyclic amines) is 1. The molecular formula is C18H24N2O3S. The van der Waals surface area contributed by atoms with Crippen LogP contribution in [0.5, 0.6) is 0 Å². The second-order valence-electron chi connectivity index (χ2n) is 6.17. The van der Waals surface area contributed by atoms with E-state index in [9.17, 15) is 9.59 Å². The third-order valence-electron chi connectivity index (χ3n) is 4.54. The summed E-state index contributed by atoms with van der Waals surface area (Å²) in [4.78, 5) is 29.9. The van der Waals surface area contributed by atoms with E-state index in [1.807, 2.05) is 35.7 Å². The normalized spacial score (nSPS) is 20.5. The van der Waals surface area contributed by atoms with E-state index in [-0.39, 0.29) is 17.8 Å². The van der Waals surface area contributed by atoms with Crippen molar-refractivity contribution < 1.29 is 14.3 Å². The van der Waals surface area contributed by atoms with Crippen molar-refractivity contribution in [2.75, 3.05) is 43.4 Å². The van der Waals surface area contributed by atoms with Gasteiger partial charge in [0.1, 0.15) is 0 Å². The number of hydrogen-bond acceptors (Lipinski definition) is 5. The van der Waals surface area contributed by atoms with Gasteiger partial charge in [-0.25, -0.2) is 0 Å². The van der Waals surface area contributed by atoms with Crippen LogP contribution in [-0.4, -0.2) is 55.3 Å². The lowest BCUT2D eigenvalue weighted by atomic mass is 9.98. The maximum Gasteiger partial charge on any atom is 0.310 e. The molecule has 1 aromatic rings. The zero-order valence-corrected chi connectivity index (χ0v) is 14.9. The number of rotatable bonds is 4. The molecule has 0 aromatic heterocycles. The number of esters is 1. The number of hydrogen-bond donors (Lipinski definition) is 0. The third kappa shape index (κ3) is 3.86. The summed E-state index contributed by atoms with van der Waals surface area (Å²) in [6, 6.07) is 8.23. The quantitative estimate of drug-likeness (QED) is 0.782. The van der Waals surface area contributed by atoms with Crippen molar-refractivity contribution in [3.63, 3.8) is 0 Å². The van der Waals surface area contributed by atoms with Crippen LogP contribution in [-0.2, 0) is 14.3 Å². The Labute approximate surface area is 147 Å². The Balaban J connectivity index is 1.62. The average Bonchev–Trinajstić information content (AvgIpc) is 2.62. The lowest BCUT2D eigenvalue weighted by molar-refractivity contribution is -0.151. The van der Waals surface area contributed by atoms with Gasteiger partial charge in [0.25, 0.3) is 0 Å². The molecule has 0 saturated carbocycles. The first-order chi connectivity index (χ1) is 11.7. The molecule has 1 atom stereocenters. The van der Waals surface area contributed by atoms with E-state index in [1.54, 1.807) is 0 Å². The largest absolute Gasteiger partial charge is 0.466 e. The van der Waals surface area contributed by atoms with Gasteiger partial charge in [-0.15, -0.1) is 11.8 Å². The average molecular weight is 348 g/mol. The molecule has 6 heteroatoms. The van der Waals surface area contributed by atoms with Gasteiger partial charge in [0.05, 0.1) is 24.8 Å². The molecule has 130 valence electrons. The van der Waals surface area contributed by atoms with Gasteiger partial charge in [-0.1, -0.05) is 12.1 Å². The van der Waals surface area contributed by atoms with Crippen LogP contribution in [0.1, 0.15) is 19.8 Å². The van der Waals surface area contributed by atoms with Crippen molar-refractivity contribution in [2.45, 2.75) is 24.7 Å². The van der Waals surface area contributed by atoms with Gasteiger partial charge >= 0.3 is 5.97 Å². The molecule has 2 aliphatic heterocycles. The van der Waals surface area contributed by atoms with Gasteiger partial charge in [-0.2, -0.15) is 0 Å². The Bertz CT molecular complexity index is 608. The first kappa shape index (κ1) is 17.1. The SMILES string of the molecule is CCOC(=O)[C@H]1CCCN(C(=O)CN2CCSc3ccccc32)C1. The molecule has 1 aromatic carbocycles. The van der Waals surface area contributed by atoms with E-state index in [0.717, 1.165) is 37.4 Å². The van der Waals surface area contributed by atoms with Gasteiger partial charge in [-0.3, -0.25) is 9.59 Å². The Kier molecular flexibility index (Phi) is 5.66. The number of amides is 1. The molecule has 0 spiro atoms. The standard InChI is InChI=1S/C18H24N2O3S/c1-2-23-18(22)14-6-5-9-20(12-14)17(21)13-19-10-11-24-16-8-4-3-7-15(16)19/h3-4,7-8,14H,2,5-6,9-13H2,1H3/t14-/m0/s1. The molecule has 1 fully saturated rings. The summed E-state index contributed by atoms with van der Waals surface area (Å²) in [5, 5.41) is 0. The molecule has 0 radical (unpaired) electrons. The van der Waals surface area contributed by atoms with E-state index in [4.69, 9.17) is 4.74 Å². The Morgan fingerprint density at radius 2 is 2.12 bits per heavy atom. The van der Waals surface area contributed by atoms with E-state index >= 15 is 0 Å². The number of anilines is 1. The molecule has 0 bridgehead atoms. The minimum atomic E-state index is -0.174. The fourth-order valence-corrected chi connectivity index (χ4v) is 4.36. The topological polar surface area (TPSA) is 49.9 Å². The molecule has 1 saturated heterocycles. The highest BCUT2D eigenvalue weighted by molar-refractivity contribution is 7.99. The van der Waals surface area contributed by atoms with Crippen molar-refractivity contribution in [3.8, 4) is 0 Å². The highest BCUT2D eigenvalue weighted by Gasteiger charge is 2.30. The monoisotopic (exact) mass is 348 g/mol. The maximum absolute atomic E-state index is 12.7. The van der Waals surface area contributed by atoms with Gasteiger partial charge in [0, 0.05) is 30.3 Å². The summed E-state index contributed by atoms with van der Waals surface area (Å²) in [5.74, 6) is 0.753. The van der Waals surface area contributed by atoms with Crippen molar-refractivity contribution in [3.05, 3.63) is 24.3 Å². The summed E-state index contributed by atoms with van der Waals surface area (Å²) >= 11 is 1.84. The molecule has 2 heterocycles. The number of fused-ring (bicyclic) bond motifs is 1. The number of piperidine rings is 1. The summed E-state index contributed by atoms with van der Waals surface area (Å²) < 4.78 is 5.12. The lowest BCUT2D eigenvalue weighted by Crippen LogP contribution is -2.47. The Morgan fingerprint density at radius 1 is 1.29 bits per heavy atom. The minimum absolute atomic E-state index is 0.103. The molecule has 0 N–H and O–H groups in total. The highest BCUT2D eigenvalue weighted by atomic mass is 32.2. The van der Waals surface area contributed by atoms with Crippen LogP contribution in [0.3, 0.4) is 0 Å². The van der Waals surface area contributed by atoms with Crippen molar-refractivity contribution >= 4 is 29.3 Å². The molecule has 5 nitrogen and oxygen atoms in total. The van der Waals surface area contributed by atoms with E-state index < -0.39 is 0 Å². The summed E-state index contributed by atoms with van der Waals surface area (Å²) in [5.41, 5.74) is 1.14. The van der Waals surface area contributed by atoms with Crippen molar-refractivity contribution in [1.82, 2.24) is 4.90 Å². The number of carbonyl (C=O) groups is 2. The van der Waals surface area contributed by atoms with Crippen LogP contribution in [0.4, 0.5) is 5.69 Å². The third-order valence-corrected chi connectivity index (χ3v) is 5.59. The first-order valence-corrected chi connectivity index (χ1v) is 9.58. The van der Waals surface area contributed by atoms with Crippen LogP contribution in [0.25, 0.3) is 0 Å². The number of thioether (sulfide) groups is 1. The van der Waals surface area contributed by atoms with Crippen LogP contribution in [0.2, 0.25) is 0 Å². The Hall–Kier alpha value is -1.69. The smallest absolute Gasteiger partial charge is 0.310 e. The second kappa shape index (κ2) is 7.92. The highest BCUT2D eigenvalue weighted by Crippen LogP contribution is 2.34. The maximum atomic E-state index is 12.7. The van der Waals surface area contributed by atoms with Gasteiger partial charge in [-0.05, 0) is 31.9 Å². The van der Waals surface area contributed by atoms with E-state index in [0.29, 0.717) is 19.7 Å². The van der Waals surface area contributed by atoms with Crippen molar-refractivity contribution in [2.24, 2.45) is 5.92 Å². The fraction of sp³-hybridized carbons (Fsp3) is 0.556. The predicted octanol–water partition coefficient (Wildman–Crippen LogP) is 2.40. The summed E-state index contributed by atoms with van der Waals surface area (Å²) in [7, 11) is 0. The van der Waals surface area contributed by atoms with E-state index in [2.05, 4.69) is 17.0 Å². The molecular weight excluding hydrogens is 324 g/mol. The molecule has 0 unspecified atom stereocenters. The number of nitrogens with zero attached hydrogens (tertiary/aromatic N) is 2. The number of para-hydroxylation sites is 1. The minimum Gasteiger partial charge on any atom is -0.466 e. The number of ether oxygens (including phenoxy) is 1. The fourth-order valence-electron chi connectivity index (χ4n) is 3.31. The second-order valence-corrected chi connectivity index (χ2v) is 7.31. The number of benzene rings is 1. The zero-order valence-electron chi connectivity index (χ0n) is 14.1. The lowest BCUT2D eigenvalue weighted by Gasteiger charge is -2.35. The Morgan fingerprint density at radius 3 is 2.96 bits per heavy atom. The first-order valence-electron chi connectivity index (χ1n) is 8.60. The van der Waals surface area contributed by atoms with Gasteiger partial charge < -0.3 is 14.5 Å². The summed E-state index contributed by atoms with van der Waals surface area (Å²) in [6.07, 6.45) is 1.67. The summed E-state index contributed by atoms with van der Waals surface area (Å²) in [6.45, 7) is 4.69. The van der Waals surface area contributed by atoms with Gasteiger partial charge in [0.2, 0.25) is 5.91 Å². The van der Waals surface area contributed by atoms with E-state index in [1.165, 1.54) is 4.90 Å². The van der Waals surface area contributed by atoms with Crippen LogP contribution in [0, 0.1) is 5.92 Å². The molecule has 1 amide bonds. The zero-order chi connectivity index (χ0) is 16.9.